The lowest BCUT2D eigenvalue weighted by atomic mass is 9.89. The van der Waals surface area contributed by atoms with Gasteiger partial charge >= 0.3 is 5.69 Å². The number of hydrogen-bond acceptors (Lipinski definition) is 5. The molecule has 4 aromatic rings. The van der Waals surface area contributed by atoms with Gasteiger partial charge in [-0.15, -0.1) is 10.2 Å². The minimum Gasteiger partial charge on any atom is -0.299 e. The number of hydrogen-bond donors (Lipinski definition) is 1. The molecule has 5 rings (SSSR count). The maximum atomic E-state index is 13.4. The second-order valence-electron chi connectivity index (χ2n) is 9.60. The lowest BCUT2D eigenvalue weighted by Crippen LogP contribution is -2.28. The largest absolute Gasteiger partial charge is 0.328 e. The molecule has 8 heteroatoms. The Hall–Kier alpha value is -3.55. The monoisotopic (exact) mass is 471 g/mol. The molecule has 0 bridgehead atoms. The first-order valence-corrected chi connectivity index (χ1v) is 12.8. The van der Waals surface area contributed by atoms with E-state index >= 15 is 0 Å². The van der Waals surface area contributed by atoms with Crippen molar-refractivity contribution in [2.24, 2.45) is 5.92 Å². The number of benzene rings is 1. The van der Waals surface area contributed by atoms with Crippen LogP contribution in [0.3, 0.4) is 0 Å². The van der Waals surface area contributed by atoms with Gasteiger partial charge < -0.3 is 0 Å². The van der Waals surface area contributed by atoms with E-state index in [4.69, 9.17) is 0 Å². The molecule has 1 aliphatic rings. The number of nitrogens with zero attached hydrogens (tertiary/aromatic N) is 6. The van der Waals surface area contributed by atoms with E-state index in [1.165, 1.54) is 32.1 Å². The zero-order valence-corrected chi connectivity index (χ0v) is 20.4. The van der Waals surface area contributed by atoms with Crippen molar-refractivity contribution in [2.45, 2.75) is 71.4 Å². The molecule has 0 radical (unpaired) electrons. The highest BCUT2D eigenvalue weighted by Crippen LogP contribution is 2.29. The molecule has 0 amide bonds. The molecule has 0 saturated heterocycles. The van der Waals surface area contributed by atoms with Gasteiger partial charge in [0, 0.05) is 36.4 Å². The van der Waals surface area contributed by atoms with Crippen molar-refractivity contribution in [1.82, 2.24) is 34.7 Å². The number of aromatic amines is 1. The van der Waals surface area contributed by atoms with E-state index in [0.717, 1.165) is 53.8 Å². The number of aromatic nitrogens is 7. The molecule has 1 fully saturated rings. The molecule has 0 unspecified atom stereocenters. The van der Waals surface area contributed by atoms with Gasteiger partial charge in [-0.05, 0) is 59.6 Å². The number of nitrogens with one attached hydrogen (secondary N) is 1. The normalized spacial score (nSPS) is 14.4. The summed E-state index contributed by atoms with van der Waals surface area (Å²) in [5, 5.41) is 14.4. The van der Waals surface area contributed by atoms with Gasteiger partial charge in [0.2, 0.25) is 5.82 Å². The summed E-state index contributed by atoms with van der Waals surface area (Å²) in [6.07, 6.45) is 15.2. The summed E-state index contributed by atoms with van der Waals surface area (Å²) in [6.45, 7) is 3.64. The lowest BCUT2D eigenvalue weighted by molar-refractivity contribution is 0.315. The molecule has 1 saturated carbocycles. The number of tetrazole rings is 1. The molecule has 8 nitrogen and oxygen atoms in total. The van der Waals surface area contributed by atoms with Crippen LogP contribution in [-0.2, 0) is 19.5 Å². The van der Waals surface area contributed by atoms with E-state index in [0.29, 0.717) is 18.3 Å². The van der Waals surface area contributed by atoms with Crippen LogP contribution in [0.15, 0.2) is 53.7 Å². The van der Waals surface area contributed by atoms with E-state index in [1.807, 2.05) is 15.2 Å². The first-order chi connectivity index (χ1) is 17.2. The molecule has 35 heavy (non-hydrogen) atoms. The van der Waals surface area contributed by atoms with E-state index in [1.54, 1.807) is 12.4 Å². The van der Waals surface area contributed by atoms with Crippen molar-refractivity contribution >= 4 is 0 Å². The highest BCUT2D eigenvalue weighted by molar-refractivity contribution is 5.79. The van der Waals surface area contributed by atoms with Crippen molar-refractivity contribution in [1.29, 1.82) is 0 Å². The van der Waals surface area contributed by atoms with Crippen LogP contribution in [0, 0.1) is 5.92 Å². The Bertz CT molecular complexity index is 1280. The van der Waals surface area contributed by atoms with Crippen LogP contribution in [0.4, 0.5) is 0 Å². The highest BCUT2D eigenvalue weighted by atomic mass is 16.1. The Kier molecular flexibility index (Phi) is 7.16. The number of imidazole rings is 1. The van der Waals surface area contributed by atoms with Gasteiger partial charge in [-0.25, -0.2) is 4.79 Å². The Morgan fingerprint density at radius 2 is 1.89 bits per heavy atom. The van der Waals surface area contributed by atoms with Crippen molar-refractivity contribution in [3.8, 4) is 22.5 Å². The maximum Gasteiger partial charge on any atom is 0.328 e. The first kappa shape index (κ1) is 23.2. The summed E-state index contributed by atoms with van der Waals surface area (Å²) in [5.41, 5.74) is 5.24. The van der Waals surface area contributed by atoms with E-state index < -0.39 is 0 Å². The predicted molar refractivity (Wildman–Crippen MR) is 136 cm³/mol. The number of H-pyrrole nitrogens is 1. The third kappa shape index (κ3) is 5.26. The van der Waals surface area contributed by atoms with Crippen LogP contribution in [0.5, 0.6) is 0 Å². The Balaban J connectivity index is 1.39. The number of rotatable bonds is 9. The van der Waals surface area contributed by atoms with Crippen LogP contribution in [0.25, 0.3) is 22.5 Å². The fraction of sp³-hybridized carbons (Fsp3) is 0.444. The standard InChI is InChI=1S/C27H33N7O/c1-2-3-9-23-19-33(17-20-7-5-4-6-8-20)27(35)34(23)18-21-10-12-22(13-11-21)24-14-15-28-16-25(24)26-29-31-32-30-26/h10-16,19-20H,2-9,17-18H2,1H3,(H,29,30,31,32). The third-order valence-electron chi connectivity index (χ3n) is 7.11. The molecule has 3 heterocycles. The van der Waals surface area contributed by atoms with Crippen molar-refractivity contribution in [3.63, 3.8) is 0 Å². The van der Waals surface area contributed by atoms with Gasteiger partial charge in [-0.3, -0.25) is 14.1 Å². The van der Waals surface area contributed by atoms with Gasteiger partial charge in [0.1, 0.15) is 0 Å². The summed E-state index contributed by atoms with van der Waals surface area (Å²) in [4.78, 5) is 17.6. The fourth-order valence-corrected chi connectivity index (χ4v) is 5.16. The molecule has 1 aliphatic carbocycles. The van der Waals surface area contributed by atoms with E-state index in [9.17, 15) is 4.79 Å². The smallest absolute Gasteiger partial charge is 0.299 e. The zero-order chi connectivity index (χ0) is 24.0. The molecule has 1 aromatic carbocycles. The summed E-state index contributed by atoms with van der Waals surface area (Å²) in [6, 6.07) is 10.3. The number of pyridine rings is 1. The molecule has 0 atom stereocenters. The molecular weight excluding hydrogens is 438 g/mol. The summed E-state index contributed by atoms with van der Waals surface area (Å²) >= 11 is 0. The first-order valence-electron chi connectivity index (χ1n) is 12.8. The third-order valence-corrected chi connectivity index (χ3v) is 7.11. The number of aryl methyl sites for hydroxylation is 1. The Morgan fingerprint density at radius 1 is 1.06 bits per heavy atom. The van der Waals surface area contributed by atoms with Gasteiger partial charge in [0.25, 0.3) is 0 Å². The lowest BCUT2D eigenvalue weighted by Gasteiger charge is -2.21. The van der Waals surface area contributed by atoms with E-state index in [-0.39, 0.29) is 5.69 Å². The SMILES string of the molecule is CCCCc1cn(CC2CCCCC2)c(=O)n1Cc1ccc(-c2ccncc2-c2nn[nH]n2)cc1. The van der Waals surface area contributed by atoms with Crippen LogP contribution in [-0.4, -0.2) is 34.7 Å². The van der Waals surface area contributed by atoms with Crippen LogP contribution >= 0.6 is 0 Å². The van der Waals surface area contributed by atoms with Gasteiger partial charge in [-0.1, -0.05) is 56.9 Å². The maximum absolute atomic E-state index is 13.4. The van der Waals surface area contributed by atoms with Crippen molar-refractivity contribution in [3.05, 3.63) is 70.7 Å². The quantitative estimate of drug-likeness (QED) is 0.376. The van der Waals surface area contributed by atoms with E-state index in [2.05, 4.69) is 63.0 Å². The second-order valence-corrected chi connectivity index (χ2v) is 9.60. The molecule has 1 N–H and O–H groups in total. The highest BCUT2D eigenvalue weighted by Gasteiger charge is 2.18. The minimum atomic E-state index is 0.124. The number of unbranched alkanes of at least 4 members (excludes halogenated alkanes) is 1. The van der Waals surface area contributed by atoms with Crippen molar-refractivity contribution in [2.75, 3.05) is 0 Å². The fourth-order valence-electron chi connectivity index (χ4n) is 5.16. The van der Waals surface area contributed by atoms with Gasteiger partial charge in [0.05, 0.1) is 6.54 Å². The van der Waals surface area contributed by atoms with Crippen LogP contribution in [0.1, 0.15) is 63.1 Å². The van der Waals surface area contributed by atoms with Gasteiger partial charge in [0.15, 0.2) is 0 Å². The molecule has 0 aliphatic heterocycles. The van der Waals surface area contributed by atoms with Crippen molar-refractivity contribution < 1.29 is 0 Å². The molecule has 0 spiro atoms. The summed E-state index contributed by atoms with van der Waals surface area (Å²) in [5.74, 6) is 1.15. The second kappa shape index (κ2) is 10.8. The topological polar surface area (TPSA) is 94.3 Å². The Labute approximate surface area is 205 Å². The zero-order valence-electron chi connectivity index (χ0n) is 20.4. The predicted octanol–water partition coefficient (Wildman–Crippen LogP) is 4.86. The molecular formula is C27H33N7O. The minimum absolute atomic E-state index is 0.124. The van der Waals surface area contributed by atoms with Crippen LogP contribution < -0.4 is 5.69 Å². The average Bonchev–Trinajstić information content (AvgIpc) is 3.54. The summed E-state index contributed by atoms with van der Waals surface area (Å²) < 4.78 is 3.95. The Morgan fingerprint density at radius 3 is 2.63 bits per heavy atom. The summed E-state index contributed by atoms with van der Waals surface area (Å²) in [7, 11) is 0. The van der Waals surface area contributed by atoms with Crippen LogP contribution in [0.2, 0.25) is 0 Å². The molecule has 182 valence electrons. The van der Waals surface area contributed by atoms with Gasteiger partial charge in [-0.2, -0.15) is 5.21 Å². The molecule has 3 aromatic heterocycles. The average molecular weight is 472 g/mol.